The second kappa shape index (κ2) is 6.07. The molecule has 5 N–H and O–H groups in total. The number of fused-ring (bicyclic) bond motifs is 1. The smallest absolute Gasteiger partial charge is 0.225 e. The number of aromatic hydroxyl groups is 1. The third kappa shape index (κ3) is 3.07. The van der Waals surface area contributed by atoms with Gasteiger partial charge in [-0.3, -0.25) is 4.90 Å². The Balaban J connectivity index is 1.47. The van der Waals surface area contributed by atoms with Crippen LogP contribution >= 0.6 is 0 Å². The van der Waals surface area contributed by atoms with E-state index in [1.807, 2.05) is 18.2 Å². The van der Waals surface area contributed by atoms with E-state index in [0.29, 0.717) is 17.4 Å². The first-order valence-electron chi connectivity index (χ1n) is 8.65. The summed E-state index contributed by atoms with van der Waals surface area (Å²) in [5, 5.41) is 10.00. The summed E-state index contributed by atoms with van der Waals surface area (Å²) < 4.78 is 6.21. The van der Waals surface area contributed by atoms with Gasteiger partial charge in [0.05, 0.1) is 5.56 Å². The van der Waals surface area contributed by atoms with Gasteiger partial charge in [0.1, 0.15) is 17.2 Å². The molecule has 25 heavy (non-hydrogen) atoms. The van der Waals surface area contributed by atoms with Gasteiger partial charge < -0.3 is 21.3 Å². The van der Waals surface area contributed by atoms with Crippen molar-refractivity contribution >= 4 is 11.8 Å². The number of likely N-dealkylation sites (tertiary alicyclic amines) is 1. The van der Waals surface area contributed by atoms with Crippen molar-refractivity contribution in [2.24, 2.45) is 0 Å². The lowest BCUT2D eigenvalue weighted by molar-refractivity contribution is 0.0728. The number of para-hydroxylation sites is 1. The van der Waals surface area contributed by atoms with Crippen molar-refractivity contribution in [2.45, 2.75) is 37.8 Å². The van der Waals surface area contributed by atoms with Gasteiger partial charge in [0.25, 0.3) is 0 Å². The van der Waals surface area contributed by atoms with Crippen molar-refractivity contribution in [3.05, 3.63) is 35.4 Å². The first-order valence-corrected chi connectivity index (χ1v) is 8.65. The topological polar surface area (TPSA) is 111 Å². The third-order valence-electron chi connectivity index (χ3n) is 5.21. The molecule has 7 nitrogen and oxygen atoms in total. The second-order valence-corrected chi connectivity index (χ2v) is 6.97. The molecule has 1 aromatic heterocycles. The molecule has 0 saturated carbocycles. The Morgan fingerprint density at radius 3 is 2.84 bits per heavy atom. The summed E-state index contributed by atoms with van der Waals surface area (Å²) in [5.74, 6) is 1.47. The normalized spacial score (nSPS) is 23.2. The molecule has 0 amide bonds. The Labute approximate surface area is 146 Å². The first kappa shape index (κ1) is 16.0. The van der Waals surface area contributed by atoms with Gasteiger partial charge in [0.15, 0.2) is 0 Å². The van der Waals surface area contributed by atoms with Gasteiger partial charge in [-0.05, 0) is 25.5 Å². The summed E-state index contributed by atoms with van der Waals surface area (Å²) in [7, 11) is 0. The molecule has 132 valence electrons. The van der Waals surface area contributed by atoms with Crippen LogP contribution in [0.25, 0.3) is 0 Å². The minimum absolute atomic E-state index is 0.156. The average molecular weight is 341 g/mol. The van der Waals surface area contributed by atoms with Crippen LogP contribution in [-0.2, 0) is 13.0 Å². The van der Waals surface area contributed by atoms with E-state index in [2.05, 4.69) is 14.9 Å². The summed E-state index contributed by atoms with van der Waals surface area (Å²) in [5.41, 5.74) is 13.2. The maximum Gasteiger partial charge on any atom is 0.225 e. The van der Waals surface area contributed by atoms with E-state index in [1.54, 1.807) is 6.07 Å². The molecule has 7 heteroatoms. The number of rotatable bonds is 2. The molecule has 0 bridgehead atoms. The number of phenolic OH excluding ortho intramolecular Hbond substituents is 1. The van der Waals surface area contributed by atoms with Crippen molar-refractivity contribution < 1.29 is 9.84 Å². The van der Waals surface area contributed by atoms with Crippen LogP contribution < -0.4 is 16.2 Å². The van der Waals surface area contributed by atoms with Crippen LogP contribution in [0.4, 0.5) is 11.8 Å². The number of hydrogen-bond acceptors (Lipinski definition) is 7. The fourth-order valence-corrected chi connectivity index (χ4v) is 3.86. The number of nitrogens with two attached hydrogens (primary N) is 2. The summed E-state index contributed by atoms with van der Waals surface area (Å²) in [4.78, 5) is 10.6. The highest BCUT2D eigenvalue weighted by atomic mass is 16.5. The van der Waals surface area contributed by atoms with E-state index < -0.39 is 0 Å². The van der Waals surface area contributed by atoms with Crippen LogP contribution in [0.2, 0.25) is 0 Å². The number of benzene rings is 1. The third-order valence-corrected chi connectivity index (χ3v) is 5.21. The number of anilines is 2. The first-order chi connectivity index (χ1) is 12.0. The Morgan fingerprint density at radius 2 is 2.00 bits per heavy atom. The lowest BCUT2D eigenvalue weighted by atomic mass is 9.90. The molecule has 3 heterocycles. The number of phenols is 1. The Hall–Kier alpha value is -2.54. The average Bonchev–Trinajstić information content (AvgIpc) is 2.82. The van der Waals surface area contributed by atoms with Crippen molar-refractivity contribution in [2.75, 3.05) is 24.6 Å². The fourth-order valence-electron chi connectivity index (χ4n) is 3.86. The van der Waals surface area contributed by atoms with Crippen molar-refractivity contribution in [3.63, 3.8) is 0 Å². The van der Waals surface area contributed by atoms with Crippen LogP contribution in [0, 0.1) is 0 Å². The van der Waals surface area contributed by atoms with Crippen LogP contribution in [0.5, 0.6) is 11.6 Å². The molecule has 1 fully saturated rings. The van der Waals surface area contributed by atoms with E-state index in [1.165, 1.54) is 0 Å². The Bertz CT molecular complexity index is 797. The number of nitrogens with zero attached hydrogens (tertiary/aromatic N) is 3. The van der Waals surface area contributed by atoms with Gasteiger partial charge in [0.2, 0.25) is 11.8 Å². The SMILES string of the molecule is Nc1nc(N)c2c(n1)O[C@@]1(CCCN(Cc3ccccc3O)CC1)C2. The molecular formula is C18H23N5O2. The minimum Gasteiger partial charge on any atom is -0.508 e. The molecule has 0 unspecified atom stereocenters. The fraction of sp³-hybridized carbons (Fsp3) is 0.444. The second-order valence-electron chi connectivity index (χ2n) is 6.97. The molecule has 2 aliphatic heterocycles. The molecule has 2 aromatic rings. The lowest BCUT2D eigenvalue weighted by Crippen LogP contribution is -2.36. The van der Waals surface area contributed by atoms with E-state index in [9.17, 15) is 5.11 Å². The molecule has 0 aliphatic carbocycles. The highest BCUT2D eigenvalue weighted by molar-refractivity contribution is 5.52. The van der Waals surface area contributed by atoms with Gasteiger partial charge in [-0.25, -0.2) is 0 Å². The standard InChI is InChI=1S/C18H23N5O2/c19-15-13-10-18(25-16(13)22-17(20)21-15)6-3-8-23(9-7-18)11-12-4-1-2-5-14(12)24/h1-2,4-5,24H,3,6-11H2,(H4,19,20,21,22)/t18-/m1/s1. The summed E-state index contributed by atoms with van der Waals surface area (Å²) in [6.07, 6.45) is 3.58. The lowest BCUT2D eigenvalue weighted by Gasteiger charge is -2.27. The van der Waals surface area contributed by atoms with Gasteiger partial charge in [-0.1, -0.05) is 18.2 Å². The highest BCUT2D eigenvalue weighted by Crippen LogP contribution is 2.42. The van der Waals surface area contributed by atoms with Crippen LogP contribution in [0.15, 0.2) is 24.3 Å². The maximum atomic E-state index is 10.00. The van der Waals surface area contributed by atoms with E-state index in [0.717, 1.165) is 56.4 Å². The van der Waals surface area contributed by atoms with E-state index >= 15 is 0 Å². The molecule has 1 atom stereocenters. The van der Waals surface area contributed by atoms with Gasteiger partial charge in [0, 0.05) is 31.5 Å². The van der Waals surface area contributed by atoms with Crippen LogP contribution in [0.3, 0.4) is 0 Å². The number of ether oxygens (including phenoxy) is 1. The zero-order chi connectivity index (χ0) is 17.4. The monoisotopic (exact) mass is 341 g/mol. The molecule has 2 aliphatic rings. The number of aromatic nitrogens is 2. The molecule has 4 rings (SSSR count). The summed E-state index contributed by atoms with van der Waals surface area (Å²) in [6, 6.07) is 7.50. The summed E-state index contributed by atoms with van der Waals surface area (Å²) in [6.45, 7) is 2.61. The van der Waals surface area contributed by atoms with Crippen molar-refractivity contribution in [1.29, 1.82) is 0 Å². The largest absolute Gasteiger partial charge is 0.508 e. The molecule has 0 radical (unpaired) electrons. The zero-order valence-corrected chi connectivity index (χ0v) is 14.1. The quantitative estimate of drug-likeness (QED) is 0.762. The predicted molar refractivity (Wildman–Crippen MR) is 95.2 cm³/mol. The molecule has 1 aromatic carbocycles. The minimum atomic E-state index is -0.271. The van der Waals surface area contributed by atoms with Crippen LogP contribution in [-0.4, -0.2) is 38.7 Å². The Kier molecular flexibility index (Phi) is 3.88. The van der Waals surface area contributed by atoms with Crippen molar-refractivity contribution in [1.82, 2.24) is 14.9 Å². The van der Waals surface area contributed by atoms with Gasteiger partial charge >= 0.3 is 0 Å². The maximum absolute atomic E-state index is 10.00. The van der Waals surface area contributed by atoms with Crippen molar-refractivity contribution in [3.8, 4) is 11.6 Å². The van der Waals surface area contributed by atoms with Gasteiger partial charge in [-0.2, -0.15) is 9.97 Å². The summed E-state index contributed by atoms with van der Waals surface area (Å²) >= 11 is 0. The molecule has 1 saturated heterocycles. The predicted octanol–water partition coefficient (Wildman–Crippen LogP) is 1.71. The van der Waals surface area contributed by atoms with E-state index in [-0.39, 0.29) is 11.5 Å². The highest BCUT2D eigenvalue weighted by Gasteiger charge is 2.42. The van der Waals surface area contributed by atoms with E-state index in [4.69, 9.17) is 16.2 Å². The van der Waals surface area contributed by atoms with Gasteiger partial charge in [-0.15, -0.1) is 0 Å². The van der Waals surface area contributed by atoms with Crippen LogP contribution in [0.1, 0.15) is 30.4 Å². The Morgan fingerprint density at radius 1 is 1.16 bits per heavy atom. The molecule has 1 spiro atoms. The number of nitrogen functional groups attached to an aromatic ring is 2. The zero-order valence-electron chi connectivity index (χ0n) is 14.1. The molecular weight excluding hydrogens is 318 g/mol. The number of hydrogen-bond donors (Lipinski definition) is 3.